The predicted octanol–water partition coefficient (Wildman–Crippen LogP) is 6.65. The fraction of sp³-hybridized carbons (Fsp3) is 0.367. The molecular weight excluding hydrogens is 475 g/mol. The second-order valence-corrected chi connectivity index (χ2v) is 9.13. The molecule has 1 heterocycles. The van der Waals surface area contributed by atoms with Crippen molar-refractivity contribution in [2.45, 2.75) is 51.4 Å². The number of esters is 1. The Labute approximate surface area is 217 Å². The third-order valence-corrected chi connectivity index (χ3v) is 6.44. The van der Waals surface area contributed by atoms with Crippen LogP contribution >= 0.6 is 0 Å². The SMILES string of the molecule is COC(=O)C[C@H](C)c1cccc(OCc2ccc(-c3cc(OC)ccc3F)c(OC3CCCCO3)c2)c1. The number of hydrogen-bond donors (Lipinski definition) is 0. The number of rotatable bonds is 10. The van der Waals surface area contributed by atoms with Crippen LogP contribution in [-0.4, -0.2) is 33.1 Å². The van der Waals surface area contributed by atoms with Gasteiger partial charge in [0.05, 0.1) is 27.2 Å². The summed E-state index contributed by atoms with van der Waals surface area (Å²) in [4.78, 5) is 11.6. The van der Waals surface area contributed by atoms with Crippen molar-refractivity contribution >= 4 is 5.97 Å². The highest BCUT2D eigenvalue weighted by molar-refractivity contribution is 5.73. The van der Waals surface area contributed by atoms with Gasteiger partial charge in [-0.15, -0.1) is 0 Å². The minimum absolute atomic E-state index is 0.00328. The molecule has 1 fully saturated rings. The van der Waals surface area contributed by atoms with Gasteiger partial charge in [-0.3, -0.25) is 4.79 Å². The van der Waals surface area contributed by atoms with E-state index in [-0.39, 0.29) is 30.6 Å². The zero-order valence-corrected chi connectivity index (χ0v) is 21.5. The van der Waals surface area contributed by atoms with Crippen LogP contribution in [0, 0.1) is 5.82 Å². The molecule has 0 spiro atoms. The van der Waals surface area contributed by atoms with Crippen LogP contribution in [0.25, 0.3) is 11.1 Å². The van der Waals surface area contributed by atoms with Crippen molar-refractivity contribution in [3.8, 4) is 28.4 Å². The van der Waals surface area contributed by atoms with E-state index in [9.17, 15) is 9.18 Å². The van der Waals surface area contributed by atoms with Gasteiger partial charge in [0.15, 0.2) is 6.29 Å². The van der Waals surface area contributed by atoms with Gasteiger partial charge in [-0.25, -0.2) is 4.39 Å². The third-order valence-electron chi connectivity index (χ3n) is 6.44. The Morgan fingerprint density at radius 3 is 2.65 bits per heavy atom. The summed E-state index contributed by atoms with van der Waals surface area (Å²) in [6, 6.07) is 17.9. The summed E-state index contributed by atoms with van der Waals surface area (Å²) in [5.74, 6) is 1.17. The first-order chi connectivity index (χ1) is 18.0. The van der Waals surface area contributed by atoms with E-state index < -0.39 is 0 Å². The van der Waals surface area contributed by atoms with Crippen molar-refractivity contribution in [3.05, 3.63) is 77.6 Å². The molecule has 196 valence electrons. The highest BCUT2D eigenvalue weighted by Gasteiger charge is 2.20. The quantitative estimate of drug-likeness (QED) is 0.286. The first-order valence-corrected chi connectivity index (χ1v) is 12.5. The summed E-state index contributed by atoms with van der Waals surface area (Å²) in [5.41, 5.74) is 2.87. The smallest absolute Gasteiger partial charge is 0.306 e. The van der Waals surface area contributed by atoms with E-state index in [1.54, 1.807) is 19.2 Å². The van der Waals surface area contributed by atoms with E-state index in [4.69, 9.17) is 23.7 Å². The van der Waals surface area contributed by atoms with E-state index in [1.165, 1.54) is 13.2 Å². The molecular formula is C30H33FO6. The van der Waals surface area contributed by atoms with Crippen LogP contribution in [0.3, 0.4) is 0 Å². The van der Waals surface area contributed by atoms with Crippen LogP contribution in [0.1, 0.15) is 49.7 Å². The van der Waals surface area contributed by atoms with Gasteiger partial charge in [-0.05, 0) is 66.3 Å². The molecule has 6 nitrogen and oxygen atoms in total. The lowest BCUT2D eigenvalue weighted by Crippen LogP contribution is -2.25. The molecule has 1 aliphatic heterocycles. The van der Waals surface area contributed by atoms with Gasteiger partial charge in [-0.1, -0.05) is 31.2 Å². The lowest BCUT2D eigenvalue weighted by atomic mass is 9.98. The molecule has 37 heavy (non-hydrogen) atoms. The monoisotopic (exact) mass is 508 g/mol. The zero-order chi connectivity index (χ0) is 26.2. The predicted molar refractivity (Wildman–Crippen MR) is 138 cm³/mol. The summed E-state index contributed by atoms with van der Waals surface area (Å²) in [6.45, 7) is 2.90. The first kappa shape index (κ1) is 26.5. The maximum absolute atomic E-state index is 14.8. The van der Waals surface area contributed by atoms with E-state index in [0.29, 0.717) is 41.4 Å². The number of carbonyl (C=O) groups is 1. The molecule has 2 atom stereocenters. The standard InChI is InChI=1S/C30H33FO6/c1-20(15-29(32)34-3)22-7-6-8-24(17-22)36-19-21-10-12-25(26-18-23(33-2)11-13-27(26)31)28(16-21)37-30-9-4-5-14-35-30/h6-8,10-13,16-18,20,30H,4-5,9,14-15,19H2,1-3H3/t20-,30?/m0/s1. The molecule has 1 saturated heterocycles. The topological polar surface area (TPSA) is 63.2 Å². The van der Waals surface area contributed by atoms with Crippen LogP contribution in [0.15, 0.2) is 60.7 Å². The van der Waals surface area contributed by atoms with E-state index in [2.05, 4.69) is 0 Å². The molecule has 0 aromatic heterocycles. The van der Waals surface area contributed by atoms with Crippen LogP contribution < -0.4 is 14.2 Å². The number of hydrogen-bond acceptors (Lipinski definition) is 6. The van der Waals surface area contributed by atoms with Crippen molar-refractivity contribution in [2.75, 3.05) is 20.8 Å². The van der Waals surface area contributed by atoms with Crippen LogP contribution in [0.2, 0.25) is 0 Å². The Balaban J connectivity index is 1.56. The van der Waals surface area contributed by atoms with Gasteiger partial charge < -0.3 is 23.7 Å². The van der Waals surface area contributed by atoms with Crippen LogP contribution in [0.4, 0.5) is 4.39 Å². The van der Waals surface area contributed by atoms with Crippen molar-refractivity contribution in [1.29, 1.82) is 0 Å². The summed E-state index contributed by atoms with van der Waals surface area (Å²) >= 11 is 0. The van der Waals surface area contributed by atoms with E-state index in [0.717, 1.165) is 30.4 Å². The molecule has 0 saturated carbocycles. The molecule has 3 aromatic carbocycles. The Morgan fingerprint density at radius 1 is 1.03 bits per heavy atom. The first-order valence-electron chi connectivity index (χ1n) is 12.5. The van der Waals surface area contributed by atoms with Gasteiger partial charge >= 0.3 is 5.97 Å². The van der Waals surface area contributed by atoms with Crippen molar-refractivity contribution in [2.24, 2.45) is 0 Å². The van der Waals surface area contributed by atoms with Crippen molar-refractivity contribution < 1.29 is 32.9 Å². The second kappa shape index (κ2) is 12.6. The van der Waals surface area contributed by atoms with Gasteiger partial charge in [-0.2, -0.15) is 0 Å². The number of ether oxygens (including phenoxy) is 5. The largest absolute Gasteiger partial charge is 0.497 e. The molecule has 0 bridgehead atoms. The zero-order valence-electron chi connectivity index (χ0n) is 21.5. The fourth-order valence-corrected chi connectivity index (χ4v) is 4.29. The molecule has 0 aliphatic carbocycles. The Kier molecular flexibility index (Phi) is 9.01. The summed E-state index contributed by atoms with van der Waals surface area (Å²) in [7, 11) is 2.94. The molecule has 1 unspecified atom stereocenters. The minimum atomic E-state index is -0.384. The van der Waals surface area contributed by atoms with Gasteiger partial charge in [0.2, 0.25) is 0 Å². The molecule has 3 aromatic rings. The fourth-order valence-electron chi connectivity index (χ4n) is 4.29. The summed E-state index contributed by atoms with van der Waals surface area (Å²) < 4.78 is 43.0. The Morgan fingerprint density at radius 2 is 1.89 bits per heavy atom. The molecule has 0 amide bonds. The van der Waals surface area contributed by atoms with Gasteiger partial charge in [0, 0.05) is 17.5 Å². The molecule has 0 radical (unpaired) electrons. The summed E-state index contributed by atoms with van der Waals surface area (Å²) in [5, 5.41) is 0. The van der Waals surface area contributed by atoms with Crippen molar-refractivity contribution in [1.82, 2.24) is 0 Å². The molecule has 1 aliphatic rings. The number of carbonyl (C=O) groups excluding carboxylic acids is 1. The minimum Gasteiger partial charge on any atom is -0.497 e. The van der Waals surface area contributed by atoms with Crippen LogP contribution in [-0.2, 0) is 20.9 Å². The van der Waals surface area contributed by atoms with E-state index in [1.807, 2.05) is 49.4 Å². The maximum atomic E-state index is 14.8. The number of methoxy groups -OCH3 is 2. The maximum Gasteiger partial charge on any atom is 0.306 e. The van der Waals surface area contributed by atoms with E-state index >= 15 is 0 Å². The summed E-state index contributed by atoms with van der Waals surface area (Å²) in [6.07, 6.45) is 2.71. The highest BCUT2D eigenvalue weighted by Crippen LogP contribution is 2.36. The van der Waals surface area contributed by atoms with Gasteiger partial charge in [0.25, 0.3) is 0 Å². The number of benzene rings is 3. The van der Waals surface area contributed by atoms with Crippen molar-refractivity contribution in [3.63, 3.8) is 0 Å². The molecule has 0 N–H and O–H groups in total. The normalized spacial score (nSPS) is 16.1. The van der Waals surface area contributed by atoms with Crippen LogP contribution in [0.5, 0.6) is 17.2 Å². The molecule has 4 rings (SSSR count). The Bertz CT molecular complexity index is 1200. The third kappa shape index (κ3) is 7.01. The average molecular weight is 509 g/mol. The Hall–Kier alpha value is -3.58. The van der Waals surface area contributed by atoms with Gasteiger partial charge in [0.1, 0.15) is 29.7 Å². The second-order valence-electron chi connectivity index (χ2n) is 9.13. The molecule has 7 heteroatoms. The lowest BCUT2D eigenvalue weighted by Gasteiger charge is -2.25. The lowest BCUT2D eigenvalue weighted by molar-refractivity contribution is -0.140. The highest BCUT2D eigenvalue weighted by atomic mass is 19.1. The average Bonchev–Trinajstić information content (AvgIpc) is 2.93. The number of halogens is 1.